The lowest BCUT2D eigenvalue weighted by atomic mass is 10.0. The Morgan fingerprint density at radius 3 is 2.60 bits per heavy atom. The summed E-state index contributed by atoms with van der Waals surface area (Å²) in [5.41, 5.74) is 0. The molecule has 3 rings (SSSR count). The number of rotatable bonds is 5. The summed E-state index contributed by atoms with van der Waals surface area (Å²) in [6.45, 7) is -1.84. The molecule has 140 valence electrons. The molecule has 0 N–H and O–H groups in total. The van der Waals surface area contributed by atoms with Crippen LogP contribution in [0, 0.1) is 0 Å². The van der Waals surface area contributed by atoms with Crippen LogP contribution in [0.15, 0.2) is 23.1 Å². The zero-order valence-corrected chi connectivity index (χ0v) is 14.8. The molecule has 10 heteroatoms. The Morgan fingerprint density at radius 1 is 1.24 bits per heavy atom. The highest BCUT2D eigenvalue weighted by atomic mass is 35.5. The first kappa shape index (κ1) is 18.8. The molecule has 2 aliphatic rings. The number of nitrogens with zero attached hydrogens (tertiary/aromatic N) is 1. The van der Waals surface area contributed by atoms with Crippen molar-refractivity contribution in [2.24, 2.45) is 0 Å². The molecule has 2 fully saturated rings. The van der Waals surface area contributed by atoms with Crippen molar-refractivity contribution in [2.75, 3.05) is 19.8 Å². The van der Waals surface area contributed by atoms with Gasteiger partial charge in [0.2, 0.25) is 10.0 Å². The van der Waals surface area contributed by atoms with Gasteiger partial charge in [-0.3, -0.25) is 0 Å². The van der Waals surface area contributed by atoms with Crippen LogP contribution in [0.25, 0.3) is 0 Å². The lowest BCUT2D eigenvalue weighted by Crippen LogP contribution is -2.50. The molecule has 2 heterocycles. The van der Waals surface area contributed by atoms with E-state index in [1.807, 2.05) is 0 Å². The Hall–Kier alpha value is -1.00. The third-order valence-electron chi connectivity index (χ3n) is 4.19. The maximum atomic E-state index is 13.0. The van der Waals surface area contributed by atoms with E-state index in [1.54, 1.807) is 0 Å². The van der Waals surface area contributed by atoms with Crippen molar-refractivity contribution in [3.05, 3.63) is 23.2 Å². The van der Waals surface area contributed by atoms with Crippen LogP contribution >= 0.6 is 11.6 Å². The van der Waals surface area contributed by atoms with Gasteiger partial charge in [0, 0.05) is 6.54 Å². The van der Waals surface area contributed by atoms with Crippen LogP contribution in [-0.4, -0.2) is 51.4 Å². The molecule has 0 amide bonds. The Labute approximate surface area is 149 Å². The van der Waals surface area contributed by atoms with E-state index in [9.17, 15) is 17.2 Å². The van der Waals surface area contributed by atoms with Gasteiger partial charge in [-0.15, -0.1) is 0 Å². The minimum absolute atomic E-state index is 0.0796. The van der Waals surface area contributed by atoms with E-state index in [0.29, 0.717) is 26.2 Å². The molecule has 0 saturated carbocycles. The Balaban J connectivity index is 1.87. The number of sulfonamides is 1. The monoisotopic (exact) mass is 397 g/mol. The van der Waals surface area contributed by atoms with Gasteiger partial charge in [0.25, 0.3) is 0 Å². The molecule has 1 aromatic carbocycles. The van der Waals surface area contributed by atoms with Gasteiger partial charge in [0.1, 0.15) is 5.75 Å². The first-order valence-electron chi connectivity index (χ1n) is 7.89. The molecule has 0 aromatic heterocycles. The van der Waals surface area contributed by atoms with E-state index < -0.39 is 29.0 Å². The smallest absolute Gasteiger partial charge is 0.387 e. The average molecular weight is 398 g/mol. The van der Waals surface area contributed by atoms with Crippen LogP contribution in [0.1, 0.15) is 19.3 Å². The lowest BCUT2D eigenvalue weighted by Gasteiger charge is -2.36. The van der Waals surface area contributed by atoms with Crippen LogP contribution in [-0.2, 0) is 19.5 Å². The van der Waals surface area contributed by atoms with Crippen molar-refractivity contribution < 1.29 is 31.4 Å². The highest BCUT2D eigenvalue weighted by molar-refractivity contribution is 7.89. The van der Waals surface area contributed by atoms with Crippen molar-refractivity contribution in [3.8, 4) is 5.75 Å². The van der Waals surface area contributed by atoms with Gasteiger partial charge in [-0.05, 0) is 31.0 Å². The van der Waals surface area contributed by atoms with Crippen molar-refractivity contribution in [1.29, 1.82) is 0 Å². The summed E-state index contributed by atoms with van der Waals surface area (Å²) in [7, 11) is -3.87. The van der Waals surface area contributed by atoms with Gasteiger partial charge in [-0.25, -0.2) is 8.42 Å². The third kappa shape index (κ3) is 4.06. The predicted octanol–water partition coefficient (Wildman–Crippen LogP) is 2.86. The number of ether oxygens (including phenoxy) is 3. The fourth-order valence-electron chi connectivity index (χ4n) is 3.07. The summed E-state index contributed by atoms with van der Waals surface area (Å²) in [4.78, 5) is -0.0796. The molecular weight excluding hydrogens is 380 g/mol. The van der Waals surface area contributed by atoms with Crippen LogP contribution in [0.3, 0.4) is 0 Å². The van der Waals surface area contributed by atoms with E-state index >= 15 is 0 Å². The van der Waals surface area contributed by atoms with Crippen molar-refractivity contribution in [3.63, 3.8) is 0 Å². The summed E-state index contributed by atoms with van der Waals surface area (Å²) in [5.74, 6) is -0.270. The molecule has 6 nitrogen and oxygen atoms in total. The Bertz CT molecular complexity index is 712. The summed E-state index contributed by atoms with van der Waals surface area (Å²) in [6, 6.07) is 3.04. The fourth-order valence-corrected chi connectivity index (χ4v) is 5.07. The molecule has 25 heavy (non-hydrogen) atoms. The van der Waals surface area contributed by atoms with E-state index in [-0.39, 0.29) is 15.7 Å². The van der Waals surface area contributed by atoms with Crippen LogP contribution < -0.4 is 4.74 Å². The SMILES string of the molecule is O=S(=O)(c1ccc(OC(F)F)c(Cl)c1)N1CCCC[C@H]1C1OCCO1. The summed E-state index contributed by atoms with van der Waals surface area (Å²) < 4.78 is 67.2. The van der Waals surface area contributed by atoms with Gasteiger partial charge in [-0.2, -0.15) is 13.1 Å². The van der Waals surface area contributed by atoms with Crippen molar-refractivity contribution >= 4 is 21.6 Å². The first-order chi connectivity index (χ1) is 11.9. The largest absolute Gasteiger partial charge is 0.433 e. The van der Waals surface area contributed by atoms with Crippen LogP contribution in [0.4, 0.5) is 8.78 Å². The minimum Gasteiger partial charge on any atom is -0.433 e. The van der Waals surface area contributed by atoms with Gasteiger partial charge in [0.05, 0.1) is 29.2 Å². The first-order valence-corrected chi connectivity index (χ1v) is 9.71. The van der Waals surface area contributed by atoms with Gasteiger partial charge in [0.15, 0.2) is 6.29 Å². The fraction of sp³-hybridized carbons (Fsp3) is 0.600. The Morgan fingerprint density at radius 2 is 1.96 bits per heavy atom. The summed E-state index contributed by atoms with van der Waals surface area (Å²) in [5, 5.41) is -0.191. The maximum Gasteiger partial charge on any atom is 0.387 e. The molecule has 2 saturated heterocycles. The quantitative estimate of drug-likeness (QED) is 0.764. The van der Waals surface area contributed by atoms with Crippen molar-refractivity contribution in [1.82, 2.24) is 4.31 Å². The molecule has 0 radical (unpaired) electrons. The average Bonchev–Trinajstić information content (AvgIpc) is 3.10. The van der Waals surface area contributed by atoms with Gasteiger partial charge < -0.3 is 14.2 Å². The number of benzene rings is 1. The van der Waals surface area contributed by atoms with E-state index in [1.165, 1.54) is 10.4 Å². The van der Waals surface area contributed by atoms with E-state index in [2.05, 4.69) is 4.74 Å². The molecule has 2 aliphatic heterocycles. The number of alkyl halides is 2. The lowest BCUT2D eigenvalue weighted by molar-refractivity contribution is -0.0913. The highest BCUT2D eigenvalue weighted by Gasteiger charge is 2.40. The standard InChI is InChI=1S/C15H18ClF2NO5S/c16-11-9-10(4-5-13(11)24-15(17)18)25(20,21)19-6-2-1-3-12(19)14-22-7-8-23-14/h4-5,9,12,14-15H,1-3,6-8H2/t12-/m0/s1. The predicted molar refractivity (Wildman–Crippen MR) is 85.3 cm³/mol. The van der Waals surface area contributed by atoms with E-state index in [0.717, 1.165) is 25.0 Å². The maximum absolute atomic E-state index is 13.0. The van der Waals surface area contributed by atoms with E-state index in [4.69, 9.17) is 21.1 Å². The molecule has 1 atom stereocenters. The Kier molecular flexibility index (Phi) is 5.79. The van der Waals surface area contributed by atoms with Gasteiger partial charge >= 0.3 is 6.61 Å². The van der Waals surface area contributed by atoms with Crippen LogP contribution in [0.2, 0.25) is 5.02 Å². The zero-order valence-electron chi connectivity index (χ0n) is 13.2. The molecule has 1 aromatic rings. The number of hydrogen-bond acceptors (Lipinski definition) is 5. The third-order valence-corrected chi connectivity index (χ3v) is 6.40. The second kappa shape index (κ2) is 7.71. The molecule has 0 bridgehead atoms. The second-order valence-electron chi connectivity index (χ2n) is 5.76. The zero-order chi connectivity index (χ0) is 18.0. The summed E-state index contributed by atoms with van der Waals surface area (Å²) >= 11 is 5.89. The normalized spacial score (nSPS) is 23.3. The van der Waals surface area contributed by atoms with Gasteiger partial charge in [-0.1, -0.05) is 18.0 Å². The molecule has 0 aliphatic carbocycles. The number of hydrogen-bond donors (Lipinski definition) is 0. The minimum atomic E-state index is -3.87. The summed E-state index contributed by atoms with van der Waals surface area (Å²) in [6.07, 6.45) is 1.64. The van der Waals surface area contributed by atoms with Crippen LogP contribution in [0.5, 0.6) is 5.75 Å². The topological polar surface area (TPSA) is 65.1 Å². The molecular formula is C15H18ClF2NO5S. The highest BCUT2D eigenvalue weighted by Crippen LogP contribution is 2.33. The molecule has 0 spiro atoms. The number of piperidine rings is 1. The van der Waals surface area contributed by atoms with Crippen molar-refractivity contribution in [2.45, 2.75) is 43.1 Å². The second-order valence-corrected chi connectivity index (χ2v) is 8.06. The molecule has 0 unspecified atom stereocenters. The number of halogens is 3.